The first-order valence-electron chi connectivity index (χ1n) is 5.65. The number of aryl methyl sites for hydroxylation is 1. The van der Waals surface area contributed by atoms with Crippen LogP contribution in [0.15, 0.2) is 23.2 Å². The highest BCUT2D eigenvalue weighted by Gasteiger charge is 2.31. The van der Waals surface area contributed by atoms with Crippen LogP contribution in [0.25, 0.3) is 10.2 Å². The fourth-order valence-corrected chi connectivity index (χ4v) is 2.76. The number of ether oxygens (including phenoxy) is 1. The van der Waals surface area contributed by atoms with Gasteiger partial charge in [-0.1, -0.05) is 17.3 Å². The molecule has 106 valence electrons. The van der Waals surface area contributed by atoms with Gasteiger partial charge in [0.25, 0.3) is 0 Å². The molecule has 0 bridgehead atoms. The first-order valence-corrected chi connectivity index (χ1v) is 6.47. The van der Waals surface area contributed by atoms with Crippen LogP contribution >= 0.6 is 11.3 Å². The van der Waals surface area contributed by atoms with Gasteiger partial charge in [0.15, 0.2) is 4.80 Å². The Hall–Kier alpha value is -1.94. The summed E-state index contributed by atoms with van der Waals surface area (Å²) in [5.74, 6) is 2.23. The Morgan fingerprint density at radius 1 is 1.45 bits per heavy atom. The maximum Gasteiger partial charge on any atom is 0.573 e. The van der Waals surface area contributed by atoms with Gasteiger partial charge in [0.2, 0.25) is 0 Å². The summed E-state index contributed by atoms with van der Waals surface area (Å²) in [6, 6.07) is 3.89. The van der Waals surface area contributed by atoms with Crippen molar-refractivity contribution >= 4 is 21.6 Å². The van der Waals surface area contributed by atoms with Crippen LogP contribution in [0.2, 0.25) is 0 Å². The van der Waals surface area contributed by atoms with Gasteiger partial charge in [-0.05, 0) is 25.1 Å². The zero-order valence-electron chi connectivity index (χ0n) is 10.7. The van der Waals surface area contributed by atoms with Crippen LogP contribution < -0.4 is 9.54 Å². The van der Waals surface area contributed by atoms with E-state index in [-0.39, 0.29) is 11.8 Å². The van der Waals surface area contributed by atoms with Gasteiger partial charge in [-0.15, -0.1) is 19.6 Å². The molecule has 0 amide bonds. The number of halogens is 3. The van der Waals surface area contributed by atoms with E-state index in [1.165, 1.54) is 23.5 Å². The van der Waals surface area contributed by atoms with Gasteiger partial charge in [0.05, 0.1) is 10.2 Å². The van der Waals surface area contributed by atoms with E-state index >= 15 is 0 Å². The van der Waals surface area contributed by atoms with Crippen LogP contribution in [0.3, 0.4) is 0 Å². The lowest BCUT2D eigenvalue weighted by atomic mass is 10.3. The predicted octanol–water partition coefficient (Wildman–Crippen LogP) is 3.06. The molecule has 2 rings (SSSR count). The Balaban J connectivity index is 2.50. The summed E-state index contributed by atoms with van der Waals surface area (Å²) in [7, 11) is 1.78. The van der Waals surface area contributed by atoms with Crippen molar-refractivity contribution in [2.45, 2.75) is 19.3 Å². The number of hydrogen-bond donors (Lipinski definition) is 0. The molecule has 0 N–H and O–H groups in total. The molecular weight excluding hydrogens is 289 g/mol. The van der Waals surface area contributed by atoms with Gasteiger partial charge >= 0.3 is 6.36 Å². The van der Waals surface area contributed by atoms with Crippen LogP contribution in [0.5, 0.6) is 5.75 Å². The molecule has 0 aliphatic rings. The molecule has 1 aromatic heterocycles. The number of rotatable bonds is 2. The summed E-state index contributed by atoms with van der Waals surface area (Å²) < 4.78 is 42.9. The van der Waals surface area contributed by atoms with E-state index in [0.717, 1.165) is 5.52 Å². The Morgan fingerprint density at radius 3 is 2.75 bits per heavy atom. The molecule has 1 unspecified atom stereocenters. The van der Waals surface area contributed by atoms with Crippen LogP contribution in [0, 0.1) is 12.3 Å². The summed E-state index contributed by atoms with van der Waals surface area (Å²) in [5.41, 5.74) is 0.771. The second-order valence-electron chi connectivity index (χ2n) is 4.09. The van der Waals surface area contributed by atoms with Gasteiger partial charge < -0.3 is 9.30 Å². The summed E-state index contributed by atoms with van der Waals surface area (Å²) in [6.07, 6.45) is 0.568. The first-order chi connectivity index (χ1) is 9.30. The number of fused-ring (bicyclic) bond motifs is 1. The van der Waals surface area contributed by atoms with Crippen molar-refractivity contribution < 1.29 is 17.9 Å². The minimum absolute atomic E-state index is 0.247. The van der Waals surface area contributed by atoms with Crippen molar-refractivity contribution in [3.63, 3.8) is 0 Å². The van der Waals surface area contributed by atoms with Crippen LogP contribution in [0.1, 0.15) is 6.92 Å². The smallest absolute Gasteiger partial charge is 0.406 e. The van der Waals surface area contributed by atoms with Crippen molar-refractivity contribution in [1.82, 2.24) is 4.57 Å². The number of hydrogen-bond acceptors (Lipinski definition) is 3. The number of nitrogens with zero attached hydrogens (tertiary/aromatic N) is 2. The third kappa shape index (κ3) is 3.14. The molecule has 0 aliphatic carbocycles. The van der Waals surface area contributed by atoms with E-state index in [4.69, 9.17) is 6.42 Å². The van der Waals surface area contributed by atoms with E-state index in [1.807, 2.05) is 0 Å². The number of terminal acetylenes is 1. The summed E-state index contributed by atoms with van der Waals surface area (Å²) >= 11 is 1.26. The van der Waals surface area contributed by atoms with Crippen molar-refractivity contribution in [2.24, 2.45) is 12.0 Å². The number of alkyl halides is 3. The Kier molecular flexibility index (Phi) is 3.77. The maximum absolute atomic E-state index is 12.2. The van der Waals surface area contributed by atoms with E-state index in [9.17, 15) is 13.2 Å². The van der Waals surface area contributed by atoms with E-state index in [1.54, 1.807) is 24.6 Å². The predicted molar refractivity (Wildman–Crippen MR) is 71.3 cm³/mol. The molecule has 0 aliphatic heterocycles. The standard InChI is InChI=1S/C13H11F3N2OS/c1-4-8(2)17-12-18(3)10-6-5-9(7-11(10)20-12)19-13(14,15)16/h1,5-8H,2-3H3. The molecule has 1 atom stereocenters. The molecule has 7 heteroatoms. The number of benzene rings is 1. The third-order valence-corrected chi connectivity index (χ3v) is 3.67. The number of thiazole rings is 1. The number of aromatic nitrogens is 1. The lowest BCUT2D eigenvalue weighted by Crippen LogP contribution is -2.17. The van der Waals surface area contributed by atoms with Crippen LogP contribution in [-0.2, 0) is 7.05 Å². The van der Waals surface area contributed by atoms with Gasteiger partial charge in [-0.25, -0.2) is 4.99 Å². The fraction of sp³-hybridized carbons (Fsp3) is 0.308. The average molecular weight is 300 g/mol. The lowest BCUT2D eigenvalue weighted by molar-refractivity contribution is -0.274. The quantitative estimate of drug-likeness (QED) is 0.783. The Labute approximate surface area is 117 Å². The monoisotopic (exact) mass is 300 g/mol. The van der Waals surface area contributed by atoms with Gasteiger partial charge in [0.1, 0.15) is 11.8 Å². The van der Waals surface area contributed by atoms with Gasteiger partial charge in [0, 0.05) is 7.05 Å². The molecule has 0 radical (unpaired) electrons. The molecule has 2 aromatic rings. The van der Waals surface area contributed by atoms with E-state index < -0.39 is 6.36 Å². The van der Waals surface area contributed by atoms with Crippen LogP contribution in [0.4, 0.5) is 13.2 Å². The van der Waals surface area contributed by atoms with Crippen molar-refractivity contribution in [3.05, 3.63) is 23.0 Å². The summed E-state index contributed by atoms with van der Waals surface area (Å²) in [6.45, 7) is 1.77. The van der Waals surface area contributed by atoms with Gasteiger partial charge in [-0.2, -0.15) is 0 Å². The SMILES string of the molecule is C#CC(C)N=c1sc2cc(OC(F)(F)F)ccc2n1C. The minimum Gasteiger partial charge on any atom is -0.406 e. The second kappa shape index (κ2) is 5.21. The van der Waals surface area contributed by atoms with Crippen LogP contribution in [-0.4, -0.2) is 17.0 Å². The molecule has 20 heavy (non-hydrogen) atoms. The molecule has 1 heterocycles. The van der Waals surface area contributed by atoms with Crippen molar-refractivity contribution in [3.8, 4) is 18.1 Å². The second-order valence-corrected chi connectivity index (χ2v) is 5.10. The highest BCUT2D eigenvalue weighted by atomic mass is 32.1. The highest BCUT2D eigenvalue weighted by molar-refractivity contribution is 7.16. The van der Waals surface area contributed by atoms with Crippen molar-refractivity contribution in [1.29, 1.82) is 0 Å². The topological polar surface area (TPSA) is 26.5 Å². The molecule has 0 saturated carbocycles. The maximum atomic E-state index is 12.2. The molecule has 0 fully saturated rings. The van der Waals surface area contributed by atoms with E-state index in [0.29, 0.717) is 9.50 Å². The summed E-state index contributed by atoms with van der Waals surface area (Å²) in [5, 5.41) is 0. The molecule has 3 nitrogen and oxygen atoms in total. The van der Waals surface area contributed by atoms with Crippen molar-refractivity contribution in [2.75, 3.05) is 0 Å². The zero-order chi connectivity index (χ0) is 14.9. The highest BCUT2D eigenvalue weighted by Crippen LogP contribution is 2.27. The van der Waals surface area contributed by atoms with Gasteiger partial charge in [-0.3, -0.25) is 0 Å². The lowest BCUT2D eigenvalue weighted by Gasteiger charge is -2.08. The average Bonchev–Trinajstić information content (AvgIpc) is 2.63. The normalized spacial score (nSPS) is 14.3. The molecule has 0 saturated heterocycles. The van der Waals surface area contributed by atoms with E-state index in [2.05, 4.69) is 15.6 Å². The first kappa shape index (κ1) is 14.5. The minimum atomic E-state index is -4.70. The fourth-order valence-electron chi connectivity index (χ4n) is 1.64. The summed E-state index contributed by atoms with van der Waals surface area (Å²) in [4.78, 5) is 4.95. The molecule has 1 aromatic carbocycles. The Bertz CT molecular complexity index is 737. The third-order valence-electron chi connectivity index (χ3n) is 2.56. The molecule has 0 spiro atoms. The Morgan fingerprint density at radius 2 is 2.15 bits per heavy atom. The molecular formula is C13H11F3N2OS. The largest absolute Gasteiger partial charge is 0.573 e. The zero-order valence-corrected chi connectivity index (χ0v) is 11.5.